The number of anilines is 1. The van der Waals surface area contributed by atoms with E-state index in [1.165, 1.54) is 25.7 Å². The summed E-state index contributed by atoms with van der Waals surface area (Å²) in [4.78, 5) is 10.5. The third-order valence-electron chi connectivity index (χ3n) is 3.51. The van der Waals surface area contributed by atoms with Crippen molar-refractivity contribution in [3.8, 4) is 0 Å². The van der Waals surface area contributed by atoms with E-state index in [0.717, 1.165) is 18.2 Å². The Hall–Kier alpha value is -1.58. The SMILES string of the molecule is Cc1ccc(NCCC2CCC2)cc1[N+](=O)[O-]. The number of hydrogen-bond donors (Lipinski definition) is 1. The summed E-state index contributed by atoms with van der Waals surface area (Å²) in [6, 6.07) is 5.32. The molecule has 0 unspecified atom stereocenters. The number of hydrogen-bond acceptors (Lipinski definition) is 3. The molecular weight excluding hydrogens is 216 g/mol. The van der Waals surface area contributed by atoms with Gasteiger partial charge >= 0.3 is 0 Å². The molecule has 1 saturated carbocycles. The minimum Gasteiger partial charge on any atom is -0.385 e. The molecule has 0 bridgehead atoms. The maximum atomic E-state index is 10.8. The molecule has 0 atom stereocenters. The highest BCUT2D eigenvalue weighted by atomic mass is 16.6. The van der Waals surface area contributed by atoms with E-state index in [2.05, 4.69) is 5.32 Å². The van der Waals surface area contributed by atoms with Crippen LogP contribution >= 0.6 is 0 Å². The quantitative estimate of drug-likeness (QED) is 0.626. The van der Waals surface area contributed by atoms with E-state index in [1.54, 1.807) is 19.1 Å². The summed E-state index contributed by atoms with van der Waals surface area (Å²) in [6.07, 6.45) is 5.22. The van der Waals surface area contributed by atoms with Crippen LogP contribution in [0.3, 0.4) is 0 Å². The molecule has 1 aromatic carbocycles. The first-order valence-corrected chi connectivity index (χ1v) is 6.16. The van der Waals surface area contributed by atoms with E-state index in [-0.39, 0.29) is 10.6 Å². The van der Waals surface area contributed by atoms with E-state index in [1.807, 2.05) is 6.07 Å². The zero-order valence-corrected chi connectivity index (χ0v) is 10.1. The number of nitrogens with one attached hydrogen (secondary N) is 1. The van der Waals surface area contributed by atoms with Gasteiger partial charge < -0.3 is 5.32 Å². The summed E-state index contributed by atoms with van der Waals surface area (Å²) in [5.41, 5.74) is 1.75. The van der Waals surface area contributed by atoms with Crippen molar-refractivity contribution in [2.75, 3.05) is 11.9 Å². The third-order valence-corrected chi connectivity index (χ3v) is 3.51. The molecule has 4 heteroatoms. The van der Waals surface area contributed by atoms with E-state index >= 15 is 0 Å². The summed E-state index contributed by atoms with van der Waals surface area (Å²) in [6.45, 7) is 2.67. The van der Waals surface area contributed by atoms with Crippen molar-refractivity contribution in [2.24, 2.45) is 5.92 Å². The van der Waals surface area contributed by atoms with Gasteiger partial charge in [-0.3, -0.25) is 10.1 Å². The van der Waals surface area contributed by atoms with Gasteiger partial charge in [-0.1, -0.05) is 25.3 Å². The fourth-order valence-electron chi connectivity index (χ4n) is 2.12. The van der Waals surface area contributed by atoms with Crippen LogP contribution in [-0.4, -0.2) is 11.5 Å². The van der Waals surface area contributed by atoms with Crippen molar-refractivity contribution in [1.82, 2.24) is 0 Å². The van der Waals surface area contributed by atoms with Crippen molar-refractivity contribution in [3.63, 3.8) is 0 Å². The van der Waals surface area contributed by atoms with Gasteiger partial charge in [0.15, 0.2) is 0 Å². The Morgan fingerprint density at radius 3 is 2.82 bits per heavy atom. The lowest BCUT2D eigenvalue weighted by molar-refractivity contribution is -0.385. The van der Waals surface area contributed by atoms with Gasteiger partial charge in [-0.2, -0.15) is 0 Å². The molecule has 0 amide bonds. The summed E-state index contributed by atoms with van der Waals surface area (Å²) in [5.74, 6) is 0.864. The van der Waals surface area contributed by atoms with Crippen LogP contribution in [0.25, 0.3) is 0 Å². The van der Waals surface area contributed by atoms with Crippen LogP contribution in [0.4, 0.5) is 11.4 Å². The smallest absolute Gasteiger partial charge is 0.274 e. The summed E-state index contributed by atoms with van der Waals surface area (Å²) in [5, 5.41) is 14.1. The van der Waals surface area contributed by atoms with Crippen LogP contribution in [0.5, 0.6) is 0 Å². The Kier molecular flexibility index (Phi) is 3.61. The van der Waals surface area contributed by atoms with Crippen LogP contribution in [0, 0.1) is 23.0 Å². The van der Waals surface area contributed by atoms with Crippen LogP contribution in [0.2, 0.25) is 0 Å². The van der Waals surface area contributed by atoms with Gasteiger partial charge in [0.05, 0.1) is 4.92 Å². The van der Waals surface area contributed by atoms with Crippen LogP contribution in [0.1, 0.15) is 31.2 Å². The lowest BCUT2D eigenvalue weighted by atomic mass is 9.83. The highest BCUT2D eigenvalue weighted by Crippen LogP contribution is 2.29. The average Bonchev–Trinajstić information content (AvgIpc) is 2.23. The number of rotatable bonds is 5. The van der Waals surface area contributed by atoms with E-state index in [0.29, 0.717) is 5.56 Å². The molecular formula is C13H18N2O2. The van der Waals surface area contributed by atoms with Gasteiger partial charge in [-0.15, -0.1) is 0 Å². The normalized spacial score (nSPS) is 15.4. The summed E-state index contributed by atoms with van der Waals surface area (Å²) >= 11 is 0. The second-order valence-electron chi connectivity index (χ2n) is 4.77. The fourth-order valence-corrected chi connectivity index (χ4v) is 2.12. The number of nitro groups is 1. The average molecular weight is 234 g/mol. The van der Waals surface area contributed by atoms with Gasteiger partial charge in [-0.05, 0) is 25.3 Å². The lowest BCUT2D eigenvalue weighted by Gasteiger charge is -2.25. The van der Waals surface area contributed by atoms with E-state index in [4.69, 9.17) is 0 Å². The second kappa shape index (κ2) is 5.17. The van der Waals surface area contributed by atoms with Crippen molar-refractivity contribution >= 4 is 11.4 Å². The van der Waals surface area contributed by atoms with Gasteiger partial charge in [0.25, 0.3) is 5.69 Å². The van der Waals surface area contributed by atoms with Crippen LogP contribution < -0.4 is 5.32 Å². The minimum absolute atomic E-state index is 0.193. The first-order valence-electron chi connectivity index (χ1n) is 6.16. The Bertz CT molecular complexity index is 414. The van der Waals surface area contributed by atoms with E-state index < -0.39 is 0 Å². The summed E-state index contributed by atoms with van der Waals surface area (Å²) in [7, 11) is 0. The molecule has 92 valence electrons. The monoisotopic (exact) mass is 234 g/mol. The lowest BCUT2D eigenvalue weighted by Crippen LogP contribution is -2.15. The highest BCUT2D eigenvalue weighted by Gasteiger charge is 2.16. The van der Waals surface area contributed by atoms with Crippen molar-refractivity contribution in [3.05, 3.63) is 33.9 Å². The van der Waals surface area contributed by atoms with Gasteiger partial charge in [0.2, 0.25) is 0 Å². The molecule has 1 aliphatic rings. The molecule has 0 spiro atoms. The Labute approximate surface area is 101 Å². The molecule has 0 saturated heterocycles. The second-order valence-corrected chi connectivity index (χ2v) is 4.77. The fraction of sp³-hybridized carbons (Fsp3) is 0.538. The van der Waals surface area contributed by atoms with Gasteiger partial charge in [-0.25, -0.2) is 0 Å². The maximum absolute atomic E-state index is 10.8. The molecule has 1 aromatic rings. The topological polar surface area (TPSA) is 55.2 Å². The van der Waals surface area contributed by atoms with Crippen molar-refractivity contribution in [2.45, 2.75) is 32.6 Å². The molecule has 4 nitrogen and oxygen atoms in total. The molecule has 17 heavy (non-hydrogen) atoms. The zero-order chi connectivity index (χ0) is 12.3. The van der Waals surface area contributed by atoms with Gasteiger partial charge in [0.1, 0.15) is 0 Å². The predicted molar refractivity (Wildman–Crippen MR) is 68.3 cm³/mol. The maximum Gasteiger partial charge on any atom is 0.274 e. The molecule has 1 fully saturated rings. The molecule has 0 radical (unpaired) electrons. The van der Waals surface area contributed by atoms with Crippen LogP contribution in [0.15, 0.2) is 18.2 Å². The first-order chi connectivity index (χ1) is 8.16. The molecule has 1 aliphatic carbocycles. The van der Waals surface area contributed by atoms with E-state index in [9.17, 15) is 10.1 Å². The Morgan fingerprint density at radius 1 is 1.47 bits per heavy atom. The summed E-state index contributed by atoms with van der Waals surface area (Å²) < 4.78 is 0. The molecule has 2 rings (SSSR count). The number of aryl methyl sites for hydroxylation is 1. The van der Waals surface area contributed by atoms with Crippen molar-refractivity contribution < 1.29 is 4.92 Å². The van der Waals surface area contributed by atoms with Gasteiger partial charge in [0, 0.05) is 23.9 Å². The predicted octanol–water partition coefficient (Wildman–Crippen LogP) is 3.51. The standard InChI is InChI=1S/C13H18N2O2/c1-10-5-6-12(9-13(10)15(16)17)14-8-7-11-3-2-4-11/h5-6,9,11,14H,2-4,7-8H2,1H3. The number of nitro benzene ring substituents is 1. The first kappa shape index (κ1) is 11.9. The van der Waals surface area contributed by atoms with Crippen LogP contribution in [-0.2, 0) is 0 Å². The number of nitrogens with zero attached hydrogens (tertiary/aromatic N) is 1. The van der Waals surface area contributed by atoms with Crippen molar-refractivity contribution in [1.29, 1.82) is 0 Å². The molecule has 1 N–H and O–H groups in total. The largest absolute Gasteiger partial charge is 0.385 e. The molecule has 0 aromatic heterocycles. The third kappa shape index (κ3) is 2.96. The Balaban J connectivity index is 1.91. The minimum atomic E-state index is -0.327. The highest BCUT2D eigenvalue weighted by molar-refractivity contribution is 5.54. The Morgan fingerprint density at radius 2 is 2.24 bits per heavy atom. The molecule has 0 aliphatic heterocycles. The molecule has 0 heterocycles. The number of benzene rings is 1. The zero-order valence-electron chi connectivity index (χ0n) is 10.1.